The molecular formula is C15H21F2NO. The van der Waals surface area contributed by atoms with Gasteiger partial charge in [0.2, 0.25) is 5.88 Å². The summed E-state index contributed by atoms with van der Waals surface area (Å²) in [7, 11) is 0. The van der Waals surface area contributed by atoms with E-state index in [1.165, 1.54) is 38.5 Å². The van der Waals surface area contributed by atoms with Crippen LogP contribution in [-0.2, 0) is 0 Å². The highest BCUT2D eigenvalue weighted by molar-refractivity contribution is 5.21. The predicted molar refractivity (Wildman–Crippen MR) is 70.5 cm³/mol. The van der Waals surface area contributed by atoms with E-state index in [1.807, 2.05) is 6.07 Å². The Kier molecular flexibility index (Phi) is 5.11. The van der Waals surface area contributed by atoms with E-state index < -0.39 is 6.61 Å². The smallest absolute Gasteiger partial charge is 0.388 e. The summed E-state index contributed by atoms with van der Waals surface area (Å²) in [4.78, 5) is 3.95. The van der Waals surface area contributed by atoms with Gasteiger partial charge in [-0.3, -0.25) is 0 Å². The van der Waals surface area contributed by atoms with Crippen LogP contribution in [0, 0.1) is 5.92 Å². The molecular weight excluding hydrogens is 248 g/mol. The van der Waals surface area contributed by atoms with E-state index in [4.69, 9.17) is 0 Å². The topological polar surface area (TPSA) is 22.1 Å². The number of hydrogen-bond donors (Lipinski definition) is 0. The minimum atomic E-state index is -2.80. The highest BCUT2D eigenvalue weighted by atomic mass is 19.3. The van der Waals surface area contributed by atoms with Gasteiger partial charge in [-0.25, -0.2) is 4.98 Å². The zero-order valence-electron chi connectivity index (χ0n) is 11.3. The largest absolute Gasteiger partial charge is 0.417 e. The minimum Gasteiger partial charge on any atom is -0.417 e. The average Bonchev–Trinajstić information content (AvgIpc) is 2.40. The van der Waals surface area contributed by atoms with Gasteiger partial charge in [-0.2, -0.15) is 8.78 Å². The minimum absolute atomic E-state index is 0.00146. The fourth-order valence-electron chi connectivity index (χ4n) is 2.99. The van der Waals surface area contributed by atoms with Crippen molar-refractivity contribution in [1.82, 2.24) is 4.98 Å². The number of halogens is 2. The molecule has 0 saturated heterocycles. The number of pyridine rings is 1. The average molecular weight is 269 g/mol. The molecule has 1 aromatic heterocycles. The molecule has 4 heteroatoms. The highest BCUT2D eigenvalue weighted by Crippen LogP contribution is 2.37. The van der Waals surface area contributed by atoms with Crippen molar-refractivity contribution in [2.45, 2.75) is 58.0 Å². The Morgan fingerprint density at radius 3 is 2.53 bits per heavy atom. The van der Waals surface area contributed by atoms with E-state index >= 15 is 0 Å². The van der Waals surface area contributed by atoms with Crippen molar-refractivity contribution in [2.24, 2.45) is 5.92 Å². The third-order valence-corrected chi connectivity index (χ3v) is 3.98. The SMILES string of the molecule is CCC[C@H]1CC[C@H](c2ccc(OC(F)F)nc2)CC1. The van der Waals surface area contributed by atoms with Crippen molar-refractivity contribution < 1.29 is 13.5 Å². The molecule has 0 amide bonds. The van der Waals surface area contributed by atoms with Crippen LogP contribution in [-0.4, -0.2) is 11.6 Å². The van der Waals surface area contributed by atoms with Crippen molar-refractivity contribution in [1.29, 1.82) is 0 Å². The second-order valence-corrected chi connectivity index (χ2v) is 5.31. The molecule has 0 aromatic carbocycles. The molecule has 19 heavy (non-hydrogen) atoms. The van der Waals surface area contributed by atoms with E-state index in [0.29, 0.717) is 5.92 Å². The van der Waals surface area contributed by atoms with Gasteiger partial charge in [0.1, 0.15) is 0 Å². The molecule has 0 atom stereocenters. The lowest BCUT2D eigenvalue weighted by atomic mass is 9.77. The zero-order chi connectivity index (χ0) is 13.7. The number of aromatic nitrogens is 1. The van der Waals surface area contributed by atoms with E-state index in [9.17, 15) is 8.78 Å². The lowest BCUT2D eigenvalue weighted by Gasteiger charge is -2.28. The first kappa shape index (κ1) is 14.2. The summed E-state index contributed by atoms with van der Waals surface area (Å²) < 4.78 is 28.3. The fourth-order valence-corrected chi connectivity index (χ4v) is 2.99. The molecule has 0 radical (unpaired) electrons. The molecule has 0 N–H and O–H groups in total. The number of rotatable bonds is 5. The second-order valence-electron chi connectivity index (χ2n) is 5.31. The third kappa shape index (κ3) is 4.15. The maximum atomic E-state index is 12.0. The lowest BCUT2D eigenvalue weighted by Crippen LogP contribution is -2.13. The van der Waals surface area contributed by atoms with Crippen molar-refractivity contribution in [3.05, 3.63) is 23.9 Å². The molecule has 1 aliphatic rings. The first-order chi connectivity index (χ1) is 9.19. The second kappa shape index (κ2) is 6.83. The van der Waals surface area contributed by atoms with Gasteiger partial charge in [0.15, 0.2) is 0 Å². The lowest BCUT2D eigenvalue weighted by molar-refractivity contribution is -0.0528. The van der Waals surface area contributed by atoms with Crippen LogP contribution >= 0.6 is 0 Å². The first-order valence-corrected chi connectivity index (χ1v) is 7.09. The Hall–Kier alpha value is -1.19. The van der Waals surface area contributed by atoms with Crippen molar-refractivity contribution in [2.75, 3.05) is 0 Å². The normalized spacial score (nSPS) is 23.6. The number of ether oxygens (including phenoxy) is 1. The Morgan fingerprint density at radius 2 is 2.00 bits per heavy atom. The number of nitrogens with zero attached hydrogens (tertiary/aromatic N) is 1. The zero-order valence-corrected chi connectivity index (χ0v) is 11.3. The Labute approximate surface area is 113 Å². The van der Waals surface area contributed by atoms with E-state index in [0.717, 1.165) is 11.5 Å². The summed E-state index contributed by atoms with van der Waals surface area (Å²) in [6.45, 7) is -0.569. The van der Waals surface area contributed by atoms with E-state index in [1.54, 1.807) is 12.3 Å². The summed E-state index contributed by atoms with van der Waals surface area (Å²) in [5, 5.41) is 0. The van der Waals surface area contributed by atoms with Crippen LogP contribution in [0.1, 0.15) is 56.9 Å². The molecule has 1 fully saturated rings. The van der Waals surface area contributed by atoms with Gasteiger partial charge in [-0.1, -0.05) is 25.8 Å². The summed E-state index contributed by atoms with van der Waals surface area (Å²) in [6.07, 6.45) is 9.18. The van der Waals surface area contributed by atoms with Crippen LogP contribution in [0.4, 0.5) is 8.78 Å². The molecule has 0 unspecified atom stereocenters. The predicted octanol–water partition coefficient (Wildman–Crippen LogP) is 4.76. The van der Waals surface area contributed by atoms with Gasteiger partial charge in [0, 0.05) is 12.3 Å². The van der Waals surface area contributed by atoms with Gasteiger partial charge in [-0.15, -0.1) is 0 Å². The molecule has 1 saturated carbocycles. The van der Waals surface area contributed by atoms with Crippen LogP contribution in [0.15, 0.2) is 18.3 Å². The molecule has 0 aliphatic heterocycles. The maximum absolute atomic E-state index is 12.0. The maximum Gasteiger partial charge on any atom is 0.388 e. The van der Waals surface area contributed by atoms with Crippen LogP contribution in [0.5, 0.6) is 5.88 Å². The Morgan fingerprint density at radius 1 is 1.26 bits per heavy atom. The molecule has 1 heterocycles. The van der Waals surface area contributed by atoms with Crippen LogP contribution in [0.2, 0.25) is 0 Å². The first-order valence-electron chi connectivity index (χ1n) is 7.09. The van der Waals surface area contributed by atoms with Gasteiger partial charge in [0.05, 0.1) is 0 Å². The number of alkyl halides is 2. The molecule has 1 aromatic rings. The van der Waals surface area contributed by atoms with Crippen LogP contribution in [0.25, 0.3) is 0 Å². The summed E-state index contributed by atoms with van der Waals surface area (Å²) in [5.74, 6) is 1.40. The van der Waals surface area contributed by atoms with Crippen molar-refractivity contribution in [3.8, 4) is 5.88 Å². The van der Waals surface area contributed by atoms with Gasteiger partial charge in [0.25, 0.3) is 0 Å². The summed E-state index contributed by atoms with van der Waals surface area (Å²) in [6, 6.07) is 3.41. The molecule has 0 spiro atoms. The summed E-state index contributed by atoms with van der Waals surface area (Å²) >= 11 is 0. The molecule has 2 nitrogen and oxygen atoms in total. The standard InChI is InChI=1S/C15H21F2NO/c1-2-3-11-4-6-12(7-5-11)13-8-9-14(18-10-13)19-15(16)17/h8-12,15H,2-7H2,1H3/t11-,12-. The fraction of sp³-hybridized carbons (Fsp3) is 0.667. The highest BCUT2D eigenvalue weighted by Gasteiger charge is 2.22. The Bertz CT molecular complexity index is 372. The van der Waals surface area contributed by atoms with Crippen molar-refractivity contribution >= 4 is 0 Å². The van der Waals surface area contributed by atoms with Crippen LogP contribution < -0.4 is 4.74 Å². The van der Waals surface area contributed by atoms with Crippen LogP contribution in [0.3, 0.4) is 0 Å². The molecule has 2 rings (SSSR count). The van der Waals surface area contributed by atoms with Crippen molar-refractivity contribution in [3.63, 3.8) is 0 Å². The van der Waals surface area contributed by atoms with Gasteiger partial charge >= 0.3 is 6.61 Å². The Balaban J connectivity index is 1.89. The number of hydrogen-bond acceptors (Lipinski definition) is 2. The molecule has 1 aliphatic carbocycles. The monoisotopic (exact) mass is 269 g/mol. The van der Waals surface area contributed by atoms with E-state index in [-0.39, 0.29) is 5.88 Å². The molecule has 106 valence electrons. The quantitative estimate of drug-likeness (QED) is 0.769. The van der Waals surface area contributed by atoms with Gasteiger partial charge in [-0.05, 0) is 43.1 Å². The molecule has 0 bridgehead atoms. The third-order valence-electron chi connectivity index (χ3n) is 3.98. The van der Waals surface area contributed by atoms with E-state index in [2.05, 4.69) is 16.6 Å². The summed E-state index contributed by atoms with van der Waals surface area (Å²) in [5.41, 5.74) is 1.15. The van der Waals surface area contributed by atoms with Gasteiger partial charge < -0.3 is 4.74 Å².